The maximum Gasteiger partial charge on any atom is 0.212 e. The second kappa shape index (κ2) is 8.23. The van der Waals surface area contributed by atoms with Crippen LogP contribution < -0.4 is 11.1 Å². The topological polar surface area (TPSA) is 118 Å². The summed E-state index contributed by atoms with van der Waals surface area (Å²) < 4.78 is 0. The Labute approximate surface area is 157 Å². The van der Waals surface area contributed by atoms with Crippen LogP contribution >= 0.6 is 0 Å². The molecule has 3 aromatic heterocycles. The van der Waals surface area contributed by atoms with Crippen molar-refractivity contribution in [1.82, 2.24) is 15.0 Å². The average molecular weight is 360 g/mol. The van der Waals surface area contributed by atoms with Gasteiger partial charge in [-0.15, -0.1) is 0 Å². The van der Waals surface area contributed by atoms with Crippen LogP contribution in [0.5, 0.6) is 0 Å². The maximum atomic E-state index is 10.5. The van der Waals surface area contributed by atoms with Gasteiger partial charge in [-0.3, -0.25) is 9.78 Å². The minimum Gasteiger partial charge on any atom is -0.383 e. The molecule has 1 fully saturated rings. The van der Waals surface area contributed by atoms with Crippen LogP contribution in [0.2, 0.25) is 0 Å². The molecule has 0 aromatic carbocycles. The number of nitrogen functional groups attached to an aromatic ring is 1. The molecule has 4 rings (SSSR count). The second-order valence-corrected chi connectivity index (χ2v) is 6.44. The molecular weight excluding hydrogens is 340 g/mol. The largest absolute Gasteiger partial charge is 0.383 e. The zero-order chi connectivity index (χ0) is 19.2. The van der Waals surface area contributed by atoms with Crippen molar-refractivity contribution in [1.29, 1.82) is 5.26 Å². The first-order chi connectivity index (χ1) is 13.1. The highest BCUT2D eigenvalue weighted by Gasteiger charge is 2.19. The number of pyridine rings is 3. The van der Waals surface area contributed by atoms with E-state index in [1.54, 1.807) is 24.7 Å². The molecule has 136 valence electrons. The van der Waals surface area contributed by atoms with Crippen molar-refractivity contribution in [3.63, 3.8) is 0 Å². The minimum absolute atomic E-state index is 0.399. The number of aromatic nitrogens is 3. The number of amides is 1. The summed E-state index contributed by atoms with van der Waals surface area (Å²) in [6, 6.07) is 7.72. The Hall–Kier alpha value is -3.53. The molecule has 0 unspecified atom stereocenters. The molecule has 7 nitrogen and oxygen atoms in total. The highest BCUT2D eigenvalue weighted by atomic mass is 16.1. The Balaban J connectivity index is 0.000000299. The van der Waals surface area contributed by atoms with Crippen molar-refractivity contribution < 1.29 is 4.79 Å². The molecule has 1 amide bonds. The summed E-state index contributed by atoms with van der Waals surface area (Å²) in [7, 11) is 0. The van der Waals surface area contributed by atoms with Crippen molar-refractivity contribution in [2.75, 3.05) is 11.1 Å². The Kier molecular flexibility index (Phi) is 5.57. The molecule has 7 heteroatoms. The number of hydrogen-bond acceptors (Lipinski definition) is 6. The molecular formula is C20H20N6O. The number of aryl methyl sites for hydroxylation is 1. The summed E-state index contributed by atoms with van der Waals surface area (Å²) >= 11 is 0. The molecule has 3 heterocycles. The van der Waals surface area contributed by atoms with E-state index in [0.717, 1.165) is 39.9 Å². The van der Waals surface area contributed by atoms with Crippen molar-refractivity contribution in [3.8, 4) is 17.3 Å². The average Bonchev–Trinajstić information content (AvgIpc) is 3.47. The molecule has 27 heavy (non-hydrogen) atoms. The van der Waals surface area contributed by atoms with E-state index in [0.29, 0.717) is 18.0 Å². The lowest BCUT2D eigenvalue weighted by molar-refractivity contribution is -0.105. The number of nitrogens with two attached hydrogens (primary N) is 1. The van der Waals surface area contributed by atoms with E-state index in [-0.39, 0.29) is 0 Å². The van der Waals surface area contributed by atoms with Gasteiger partial charge in [0.1, 0.15) is 11.6 Å². The Morgan fingerprint density at radius 3 is 2.81 bits per heavy atom. The van der Waals surface area contributed by atoms with Gasteiger partial charge >= 0.3 is 0 Å². The van der Waals surface area contributed by atoms with Gasteiger partial charge in [0, 0.05) is 36.0 Å². The molecule has 0 radical (unpaired) electrons. The Morgan fingerprint density at radius 1 is 1.37 bits per heavy atom. The highest BCUT2D eigenvalue weighted by Crippen LogP contribution is 2.31. The lowest BCUT2D eigenvalue weighted by Crippen LogP contribution is -1.99. The Morgan fingerprint density at radius 2 is 2.19 bits per heavy atom. The first-order valence-electron chi connectivity index (χ1n) is 8.66. The van der Waals surface area contributed by atoms with Crippen LogP contribution in [0.15, 0.2) is 36.8 Å². The third-order valence-corrected chi connectivity index (χ3v) is 4.34. The molecule has 0 aliphatic heterocycles. The number of carbonyl (C=O) groups excluding carboxylic acids is 1. The smallest absolute Gasteiger partial charge is 0.212 e. The predicted octanol–water partition coefficient (Wildman–Crippen LogP) is 3.46. The third-order valence-electron chi connectivity index (χ3n) is 4.34. The lowest BCUT2D eigenvalue weighted by Gasteiger charge is -2.09. The van der Waals surface area contributed by atoms with E-state index in [4.69, 9.17) is 11.0 Å². The monoisotopic (exact) mass is 360 g/mol. The first kappa shape index (κ1) is 18.3. The van der Waals surface area contributed by atoms with Gasteiger partial charge in [-0.25, -0.2) is 9.97 Å². The quantitative estimate of drug-likeness (QED) is 0.688. The number of fused-ring (bicyclic) bond motifs is 1. The van der Waals surface area contributed by atoms with Crippen LogP contribution in [-0.2, 0) is 4.79 Å². The molecule has 1 aliphatic rings. The van der Waals surface area contributed by atoms with E-state index in [9.17, 15) is 4.79 Å². The number of nitriles is 1. The van der Waals surface area contributed by atoms with Crippen molar-refractivity contribution in [3.05, 3.63) is 42.4 Å². The van der Waals surface area contributed by atoms with E-state index in [2.05, 4.69) is 26.3 Å². The van der Waals surface area contributed by atoms with Gasteiger partial charge in [-0.1, -0.05) is 0 Å². The number of rotatable bonds is 4. The van der Waals surface area contributed by atoms with Crippen LogP contribution in [0.4, 0.5) is 11.6 Å². The van der Waals surface area contributed by atoms with Gasteiger partial charge in [-0.05, 0) is 54.8 Å². The summed E-state index contributed by atoms with van der Waals surface area (Å²) in [6.45, 7) is 1.99. The number of carbonyl (C=O) groups is 1. The molecule has 3 aromatic rings. The van der Waals surface area contributed by atoms with Gasteiger partial charge in [0.2, 0.25) is 6.41 Å². The molecule has 1 saturated carbocycles. The number of hydrogen-bond donors (Lipinski definition) is 2. The van der Waals surface area contributed by atoms with Crippen LogP contribution in [0.1, 0.15) is 24.8 Å². The highest BCUT2D eigenvalue weighted by molar-refractivity contribution is 5.95. The van der Waals surface area contributed by atoms with E-state index in [1.165, 1.54) is 12.8 Å². The summed E-state index contributed by atoms with van der Waals surface area (Å²) in [4.78, 5) is 23.2. The summed E-state index contributed by atoms with van der Waals surface area (Å²) in [5.74, 6) is 1.66. The molecule has 0 atom stereocenters. The molecule has 0 spiro atoms. The zero-order valence-electron chi connectivity index (χ0n) is 15.0. The molecule has 0 saturated heterocycles. The standard InChI is InChI=1S/C15H13N5O.C5H7N/c1-9-2-3-17-6-11(9)13-4-10-5-14(19-8-21)18-7-12(10)15(16)20-13;6-4-3-5-1-2-5/h2-8H,1H3,(H2,16,20)(H,18,19,21);5H,1-3H2. The fourth-order valence-electron chi connectivity index (χ4n) is 2.63. The number of nitrogens with zero attached hydrogens (tertiary/aromatic N) is 4. The van der Waals surface area contributed by atoms with Crippen molar-refractivity contribution >= 4 is 28.8 Å². The van der Waals surface area contributed by atoms with E-state index >= 15 is 0 Å². The van der Waals surface area contributed by atoms with Crippen LogP contribution in [0.25, 0.3) is 22.0 Å². The number of anilines is 2. The van der Waals surface area contributed by atoms with Gasteiger partial charge < -0.3 is 11.1 Å². The van der Waals surface area contributed by atoms with E-state index in [1.807, 2.05) is 19.1 Å². The summed E-state index contributed by atoms with van der Waals surface area (Å²) in [5, 5.41) is 12.2. The zero-order valence-corrected chi connectivity index (χ0v) is 15.0. The number of nitrogens with one attached hydrogen (secondary N) is 1. The first-order valence-corrected chi connectivity index (χ1v) is 8.66. The fraction of sp³-hybridized carbons (Fsp3) is 0.250. The predicted molar refractivity (Wildman–Crippen MR) is 105 cm³/mol. The van der Waals surface area contributed by atoms with Gasteiger partial charge in [0.15, 0.2) is 0 Å². The van der Waals surface area contributed by atoms with Crippen LogP contribution in [0.3, 0.4) is 0 Å². The van der Waals surface area contributed by atoms with Crippen LogP contribution in [-0.4, -0.2) is 21.4 Å². The molecule has 1 aliphatic carbocycles. The third kappa shape index (κ3) is 4.55. The van der Waals surface area contributed by atoms with Crippen LogP contribution in [0, 0.1) is 24.2 Å². The van der Waals surface area contributed by atoms with Gasteiger partial charge in [0.25, 0.3) is 0 Å². The second-order valence-electron chi connectivity index (χ2n) is 6.44. The maximum absolute atomic E-state index is 10.5. The Bertz CT molecular complexity index is 1010. The van der Waals surface area contributed by atoms with Gasteiger partial charge in [0.05, 0.1) is 11.8 Å². The van der Waals surface area contributed by atoms with Gasteiger partial charge in [-0.2, -0.15) is 5.26 Å². The molecule has 3 N–H and O–H groups in total. The summed E-state index contributed by atoms with van der Waals surface area (Å²) in [6.07, 6.45) is 9.07. The van der Waals surface area contributed by atoms with Crippen molar-refractivity contribution in [2.24, 2.45) is 5.92 Å². The molecule has 0 bridgehead atoms. The van der Waals surface area contributed by atoms with Crippen molar-refractivity contribution in [2.45, 2.75) is 26.2 Å². The minimum atomic E-state index is 0.399. The normalized spacial score (nSPS) is 12.6. The lowest BCUT2D eigenvalue weighted by atomic mass is 10.1. The van der Waals surface area contributed by atoms with E-state index < -0.39 is 0 Å². The SMILES string of the molecule is Cc1ccncc1-c1cc2cc(NC=O)ncc2c(N)n1.N#CCC1CC1. The fourth-order valence-corrected chi connectivity index (χ4v) is 2.63. The summed E-state index contributed by atoms with van der Waals surface area (Å²) in [5.41, 5.74) is 8.74.